The second-order valence-corrected chi connectivity index (χ2v) is 5.89. The zero-order chi connectivity index (χ0) is 15.7. The lowest BCUT2D eigenvalue weighted by Crippen LogP contribution is -2.10. The molecule has 0 bridgehead atoms. The minimum atomic E-state index is -0.562. The Hall–Kier alpha value is -1.67. The van der Waals surface area contributed by atoms with Gasteiger partial charge in [-0.15, -0.1) is 0 Å². The average Bonchev–Trinajstić information content (AvgIpc) is 2.46. The SMILES string of the molecule is Cc1c(C)c(C)c(C(O)Cc2ccc(F)cc2)c(C)c1C. The van der Waals surface area contributed by atoms with E-state index in [1.54, 1.807) is 12.1 Å². The smallest absolute Gasteiger partial charge is 0.123 e. The fourth-order valence-corrected chi connectivity index (χ4v) is 2.97. The van der Waals surface area contributed by atoms with Gasteiger partial charge in [0.05, 0.1) is 6.10 Å². The zero-order valence-electron chi connectivity index (χ0n) is 13.4. The molecule has 0 saturated carbocycles. The molecule has 0 saturated heterocycles. The Morgan fingerprint density at radius 3 is 1.71 bits per heavy atom. The lowest BCUT2D eigenvalue weighted by atomic mass is 9.85. The van der Waals surface area contributed by atoms with Crippen LogP contribution < -0.4 is 0 Å². The van der Waals surface area contributed by atoms with Crippen LogP contribution in [0.2, 0.25) is 0 Å². The highest BCUT2D eigenvalue weighted by atomic mass is 19.1. The van der Waals surface area contributed by atoms with E-state index in [2.05, 4.69) is 34.6 Å². The van der Waals surface area contributed by atoms with Crippen molar-refractivity contribution in [3.05, 3.63) is 69.0 Å². The fourth-order valence-electron chi connectivity index (χ4n) is 2.97. The molecule has 2 rings (SSSR count). The summed E-state index contributed by atoms with van der Waals surface area (Å²) in [4.78, 5) is 0. The molecule has 0 heterocycles. The first kappa shape index (κ1) is 15.7. The molecule has 1 atom stereocenters. The third-order valence-electron chi connectivity index (χ3n) is 4.73. The van der Waals surface area contributed by atoms with Crippen LogP contribution in [0.25, 0.3) is 0 Å². The molecule has 112 valence electrons. The van der Waals surface area contributed by atoms with Crippen molar-refractivity contribution in [2.24, 2.45) is 0 Å². The molecule has 0 radical (unpaired) electrons. The highest BCUT2D eigenvalue weighted by Gasteiger charge is 2.18. The number of aliphatic hydroxyl groups is 1. The second kappa shape index (κ2) is 5.98. The van der Waals surface area contributed by atoms with Crippen molar-refractivity contribution in [1.82, 2.24) is 0 Å². The Labute approximate surface area is 126 Å². The first-order chi connectivity index (χ1) is 9.82. The molecule has 0 aliphatic rings. The lowest BCUT2D eigenvalue weighted by molar-refractivity contribution is 0.177. The number of aliphatic hydroxyl groups excluding tert-OH is 1. The highest BCUT2D eigenvalue weighted by molar-refractivity contribution is 5.50. The second-order valence-electron chi connectivity index (χ2n) is 5.89. The van der Waals surface area contributed by atoms with Crippen molar-refractivity contribution < 1.29 is 9.50 Å². The fraction of sp³-hybridized carbons (Fsp3) is 0.368. The van der Waals surface area contributed by atoms with Crippen LogP contribution in [0.15, 0.2) is 24.3 Å². The minimum absolute atomic E-state index is 0.248. The summed E-state index contributed by atoms with van der Waals surface area (Å²) in [5, 5.41) is 10.7. The van der Waals surface area contributed by atoms with Crippen molar-refractivity contribution in [2.75, 3.05) is 0 Å². The Balaban J connectivity index is 2.39. The van der Waals surface area contributed by atoms with Gasteiger partial charge in [0.2, 0.25) is 0 Å². The molecule has 0 aromatic heterocycles. The molecule has 0 aliphatic carbocycles. The van der Waals surface area contributed by atoms with E-state index in [0.717, 1.165) is 22.3 Å². The summed E-state index contributed by atoms with van der Waals surface area (Å²) in [6, 6.07) is 6.34. The van der Waals surface area contributed by atoms with E-state index in [0.29, 0.717) is 6.42 Å². The molecule has 21 heavy (non-hydrogen) atoms. The molecular formula is C19H23FO. The Kier molecular flexibility index (Phi) is 4.48. The zero-order valence-corrected chi connectivity index (χ0v) is 13.4. The lowest BCUT2D eigenvalue weighted by Gasteiger charge is -2.22. The maximum atomic E-state index is 13.0. The summed E-state index contributed by atoms with van der Waals surface area (Å²) in [5.41, 5.74) is 8.05. The summed E-state index contributed by atoms with van der Waals surface area (Å²) < 4.78 is 13.0. The molecule has 0 amide bonds. The Morgan fingerprint density at radius 1 is 0.810 bits per heavy atom. The van der Waals surface area contributed by atoms with Crippen LogP contribution in [-0.4, -0.2) is 5.11 Å². The van der Waals surface area contributed by atoms with Crippen molar-refractivity contribution in [2.45, 2.75) is 47.1 Å². The molecule has 2 aromatic carbocycles. The normalized spacial score (nSPS) is 12.5. The van der Waals surface area contributed by atoms with Crippen LogP contribution in [0, 0.1) is 40.4 Å². The van der Waals surface area contributed by atoms with Gasteiger partial charge < -0.3 is 5.11 Å². The summed E-state index contributed by atoms with van der Waals surface area (Å²) in [6.07, 6.45) is -0.0577. The average molecular weight is 286 g/mol. The van der Waals surface area contributed by atoms with E-state index in [-0.39, 0.29) is 5.82 Å². The van der Waals surface area contributed by atoms with E-state index in [9.17, 15) is 9.50 Å². The number of benzene rings is 2. The largest absolute Gasteiger partial charge is 0.388 e. The van der Waals surface area contributed by atoms with E-state index in [4.69, 9.17) is 0 Å². The van der Waals surface area contributed by atoms with Gasteiger partial charge in [-0.1, -0.05) is 12.1 Å². The van der Waals surface area contributed by atoms with Crippen molar-refractivity contribution >= 4 is 0 Å². The summed E-state index contributed by atoms with van der Waals surface area (Å²) in [5.74, 6) is -0.248. The van der Waals surface area contributed by atoms with E-state index >= 15 is 0 Å². The van der Waals surface area contributed by atoms with Gasteiger partial charge in [0.15, 0.2) is 0 Å². The van der Waals surface area contributed by atoms with Crippen LogP contribution >= 0.6 is 0 Å². The van der Waals surface area contributed by atoms with Crippen LogP contribution in [0.5, 0.6) is 0 Å². The molecule has 1 nitrogen and oxygen atoms in total. The predicted octanol–water partition coefficient (Wildman–Crippen LogP) is 4.64. The van der Waals surface area contributed by atoms with Gasteiger partial charge in [0.1, 0.15) is 5.82 Å². The van der Waals surface area contributed by atoms with Gasteiger partial charge in [-0.2, -0.15) is 0 Å². The summed E-state index contributed by atoms with van der Waals surface area (Å²) >= 11 is 0. The van der Waals surface area contributed by atoms with Gasteiger partial charge in [-0.05, 0) is 85.7 Å². The highest BCUT2D eigenvalue weighted by Crippen LogP contribution is 2.32. The van der Waals surface area contributed by atoms with E-state index < -0.39 is 6.10 Å². The van der Waals surface area contributed by atoms with Gasteiger partial charge in [0.25, 0.3) is 0 Å². The maximum absolute atomic E-state index is 13.0. The molecule has 2 aromatic rings. The minimum Gasteiger partial charge on any atom is -0.388 e. The molecule has 0 fully saturated rings. The van der Waals surface area contributed by atoms with Crippen LogP contribution in [-0.2, 0) is 6.42 Å². The Bertz CT molecular complexity index is 627. The van der Waals surface area contributed by atoms with Crippen molar-refractivity contribution in [3.63, 3.8) is 0 Å². The predicted molar refractivity (Wildman–Crippen MR) is 85.2 cm³/mol. The van der Waals surface area contributed by atoms with Gasteiger partial charge >= 0.3 is 0 Å². The van der Waals surface area contributed by atoms with Gasteiger partial charge in [-0.25, -0.2) is 4.39 Å². The number of halogens is 1. The molecule has 0 aliphatic heterocycles. The summed E-state index contributed by atoms with van der Waals surface area (Å²) in [7, 11) is 0. The number of hydrogen-bond acceptors (Lipinski definition) is 1. The van der Waals surface area contributed by atoms with Crippen molar-refractivity contribution in [1.29, 1.82) is 0 Å². The molecule has 1 N–H and O–H groups in total. The number of rotatable bonds is 3. The van der Waals surface area contributed by atoms with Crippen LogP contribution in [0.4, 0.5) is 4.39 Å². The van der Waals surface area contributed by atoms with Crippen LogP contribution in [0.3, 0.4) is 0 Å². The quantitative estimate of drug-likeness (QED) is 0.871. The Morgan fingerprint density at radius 2 is 1.24 bits per heavy atom. The van der Waals surface area contributed by atoms with Crippen molar-refractivity contribution in [3.8, 4) is 0 Å². The summed E-state index contributed by atoms with van der Waals surface area (Å²) in [6.45, 7) is 10.5. The topological polar surface area (TPSA) is 20.2 Å². The third kappa shape index (κ3) is 3.01. The standard InChI is InChI=1S/C19H23FO/c1-11-12(2)14(4)19(15(5)13(11)3)18(21)10-16-6-8-17(20)9-7-16/h6-9,18,21H,10H2,1-5H3. The monoisotopic (exact) mass is 286 g/mol. The molecule has 0 spiro atoms. The third-order valence-corrected chi connectivity index (χ3v) is 4.73. The van der Waals surface area contributed by atoms with E-state index in [1.807, 2.05) is 0 Å². The first-order valence-corrected chi connectivity index (χ1v) is 7.32. The maximum Gasteiger partial charge on any atom is 0.123 e. The molecule has 2 heteroatoms. The van der Waals surface area contributed by atoms with Gasteiger partial charge in [0, 0.05) is 6.42 Å². The van der Waals surface area contributed by atoms with Crippen LogP contribution in [0.1, 0.15) is 45.0 Å². The first-order valence-electron chi connectivity index (χ1n) is 7.32. The van der Waals surface area contributed by atoms with E-state index in [1.165, 1.54) is 28.8 Å². The van der Waals surface area contributed by atoms with Gasteiger partial charge in [-0.3, -0.25) is 0 Å². The number of hydrogen-bond donors (Lipinski definition) is 1. The molecule has 1 unspecified atom stereocenters. The molecular weight excluding hydrogens is 263 g/mol.